The highest BCUT2D eigenvalue weighted by molar-refractivity contribution is 5.96. The maximum absolute atomic E-state index is 13.2. The number of hydrogen-bond donors (Lipinski definition) is 0. The van der Waals surface area contributed by atoms with E-state index in [0.29, 0.717) is 17.2 Å². The topological polar surface area (TPSA) is 69.9 Å². The third-order valence-electron chi connectivity index (χ3n) is 5.48. The average Bonchev–Trinajstić information content (AvgIpc) is 3.10. The molecule has 2 aromatic heterocycles. The molecule has 2 bridgehead atoms. The largest absolute Gasteiger partial charge is 0.464 e. The molecule has 3 aliphatic rings. The Hall–Kier alpha value is -2.41. The van der Waals surface area contributed by atoms with Crippen molar-refractivity contribution in [3.05, 3.63) is 30.3 Å². The molecule has 3 saturated heterocycles. The number of piperidine rings is 3. The molecule has 5 heterocycles. The van der Waals surface area contributed by atoms with E-state index in [9.17, 15) is 9.59 Å². The summed E-state index contributed by atoms with van der Waals surface area (Å²) < 4.78 is 5.39. The van der Waals surface area contributed by atoms with E-state index in [1.165, 1.54) is 11.9 Å². The van der Waals surface area contributed by atoms with Crippen molar-refractivity contribution in [2.24, 2.45) is 5.92 Å². The first-order valence-electron chi connectivity index (χ1n) is 8.68. The number of nitrogens with zero attached hydrogens (tertiary/aromatic N) is 4. The summed E-state index contributed by atoms with van der Waals surface area (Å²) in [6.07, 6.45) is 5.33. The number of amides is 2. The number of pyridine rings is 1. The van der Waals surface area contributed by atoms with Crippen LogP contribution < -0.4 is 0 Å². The van der Waals surface area contributed by atoms with Crippen LogP contribution in [0.3, 0.4) is 0 Å². The SMILES string of the molecule is CC(=O)N(C)N(C(=O)c1cc2occc2cn1)[C@H]1CN2CCC1CC2. The fraction of sp³-hybridized carbons (Fsp3) is 0.500. The zero-order valence-electron chi connectivity index (χ0n) is 14.5. The smallest absolute Gasteiger partial charge is 0.291 e. The van der Waals surface area contributed by atoms with E-state index >= 15 is 0 Å². The minimum atomic E-state index is -0.255. The molecule has 1 atom stereocenters. The molecular weight excluding hydrogens is 320 g/mol. The van der Waals surface area contributed by atoms with Crippen molar-refractivity contribution in [3.63, 3.8) is 0 Å². The van der Waals surface area contributed by atoms with Crippen LogP contribution in [0.5, 0.6) is 0 Å². The van der Waals surface area contributed by atoms with Crippen molar-refractivity contribution in [3.8, 4) is 0 Å². The maximum atomic E-state index is 13.2. The Balaban J connectivity index is 1.69. The van der Waals surface area contributed by atoms with Gasteiger partial charge in [0, 0.05) is 38.2 Å². The number of rotatable bonds is 2. The number of fused-ring (bicyclic) bond motifs is 4. The molecule has 0 spiro atoms. The second-order valence-corrected chi connectivity index (χ2v) is 6.93. The highest BCUT2D eigenvalue weighted by Crippen LogP contribution is 2.32. The number of aromatic nitrogens is 1. The molecule has 2 amide bonds. The van der Waals surface area contributed by atoms with Crippen molar-refractivity contribution in [1.29, 1.82) is 0 Å². The Morgan fingerprint density at radius 2 is 2.08 bits per heavy atom. The van der Waals surface area contributed by atoms with Crippen molar-refractivity contribution < 1.29 is 14.0 Å². The fourth-order valence-corrected chi connectivity index (χ4v) is 3.96. The number of furan rings is 1. The molecule has 7 heteroatoms. The highest BCUT2D eigenvalue weighted by atomic mass is 16.3. The Labute approximate surface area is 146 Å². The van der Waals surface area contributed by atoms with Gasteiger partial charge in [-0.25, -0.2) is 5.01 Å². The van der Waals surface area contributed by atoms with Crippen LogP contribution in [0.2, 0.25) is 0 Å². The first kappa shape index (κ1) is 16.1. The van der Waals surface area contributed by atoms with Gasteiger partial charge in [0.25, 0.3) is 5.91 Å². The standard InChI is InChI=1S/C18H22N4O3/c1-12(23)20(2)22(16-11-21-6-3-13(16)4-7-21)18(24)15-9-17-14(10-19-15)5-8-25-17/h5,8-10,13,16H,3-4,6-7,11H2,1-2H3/t16-/m0/s1. The number of hydrazine groups is 1. The van der Waals surface area contributed by atoms with Crippen LogP contribution in [0.25, 0.3) is 11.0 Å². The Morgan fingerprint density at radius 3 is 2.72 bits per heavy atom. The molecule has 0 unspecified atom stereocenters. The van der Waals surface area contributed by atoms with Crippen LogP contribution in [0.1, 0.15) is 30.3 Å². The monoisotopic (exact) mass is 342 g/mol. The van der Waals surface area contributed by atoms with Gasteiger partial charge in [0.2, 0.25) is 5.91 Å². The van der Waals surface area contributed by atoms with Gasteiger partial charge in [0.05, 0.1) is 12.3 Å². The van der Waals surface area contributed by atoms with Gasteiger partial charge in [-0.3, -0.25) is 19.6 Å². The zero-order valence-corrected chi connectivity index (χ0v) is 14.5. The van der Waals surface area contributed by atoms with Crippen molar-refractivity contribution in [2.75, 3.05) is 26.7 Å². The normalized spacial score (nSPS) is 25.1. The van der Waals surface area contributed by atoms with Crippen LogP contribution >= 0.6 is 0 Å². The lowest BCUT2D eigenvalue weighted by Gasteiger charge is -2.50. The zero-order chi connectivity index (χ0) is 17.6. The number of hydrogen-bond acceptors (Lipinski definition) is 5. The second kappa shape index (κ2) is 6.15. The third-order valence-corrected chi connectivity index (χ3v) is 5.48. The molecule has 132 valence electrons. The van der Waals surface area contributed by atoms with Gasteiger partial charge >= 0.3 is 0 Å². The van der Waals surface area contributed by atoms with Crippen LogP contribution in [0.15, 0.2) is 29.0 Å². The van der Waals surface area contributed by atoms with E-state index in [2.05, 4.69) is 9.88 Å². The summed E-state index contributed by atoms with van der Waals surface area (Å²) in [5.41, 5.74) is 0.921. The van der Waals surface area contributed by atoms with E-state index in [4.69, 9.17) is 4.42 Å². The van der Waals surface area contributed by atoms with Gasteiger partial charge in [-0.15, -0.1) is 0 Å². The molecule has 0 N–H and O–H groups in total. The van der Waals surface area contributed by atoms with Crippen LogP contribution in [0.4, 0.5) is 0 Å². The molecule has 0 aromatic carbocycles. The molecule has 3 fully saturated rings. The Kier molecular flexibility index (Phi) is 3.95. The number of carbonyl (C=O) groups excluding carboxylic acids is 2. The summed E-state index contributed by atoms with van der Waals surface area (Å²) in [7, 11) is 1.66. The van der Waals surface area contributed by atoms with E-state index in [0.717, 1.165) is 37.9 Å². The molecule has 0 aliphatic carbocycles. The molecule has 3 aliphatic heterocycles. The van der Waals surface area contributed by atoms with Crippen molar-refractivity contribution in [2.45, 2.75) is 25.8 Å². The van der Waals surface area contributed by atoms with E-state index < -0.39 is 0 Å². The summed E-state index contributed by atoms with van der Waals surface area (Å²) in [6.45, 7) is 4.43. The summed E-state index contributed by atoms with van der Waals surface area (Å²) >= 11 is 0. The second-order valence-electron chi connectivity index (χ2n) is 6.93. The Bertz CT molecular complexity index is 810. The maximum Gasteiger partial charge on any atom is 0.291 e. The van der Waals surface area contributed by atoms with Crippen LogP contribution in [-0.4, -0.2) is 64.4 Å². The van der Waals surface area contributed by atoms with Gasteiger partial charge < -0.3 is 9.32 Å². The predicted molar refractivity (Wildman–Crippen MR) is 91.6 cm³/mol. The molecule has 2 aromatic rings. The number of carbonyl (C=O) groups is 2. The highest BCUT2D eigenvalue weighted by Gasteiger charge is 2.42. The lowest BCUT2D eigenvalue weighted by Crippen LogP contribution is -2.63. The first-order valence-corrected chi connectivity index (χ1v) is 8.68. The lowest BCUT2D eigenvalue weighted by molar-refractivity contribution is -0.148. The minimum absolute atomic E-state index is 0.00185. The summed E-state index contributed by atoms with van der Waals surface area (Å²) in [4.78, 5) is 31.9. The quantitative estimate of drug-likeness (QED) is 0.778. The molecule has 0 saturated carbocycles. The van der Waals surface area contributed by atoms with Gasteiger partial charge in [-0.2, -0.15) is 0 Å². The van der Waals surface area contributed by atoms with Crippen LogP contribution in [0, 0.1) is 5.92 Å². The van der Waals surface area contributed by atoms with E-state index in [-0.39, 0.29) is 17.9 Å². The predicted octanol–water partition coefficient (Wildman–Crippen LogP) is 1.76. The third kappa shape index (κ3) is 2.78. The van der Waals surface area contributed by atoms with Crippen molar-refractivity contribution in [1.82, 2.24) is 19.9 Å². The lowest BCUT2D eigenvalue weighted by atomic mass is 9.83. The molecule has 7 nitrogen and oxygen atoms in total. The summed E-state index contributed by atoms with van der Waals surface area (Å²) in [6, 6.07) is 3.46. The van der Waals surface area contributed by atoms with Crippen LogP contribution in [-0.2, 0) is 4.79 Å². The Morgan fingerprint density at radius 1 is 1.32 bits per heavy atom. The van der Waals surface area contributed by atoms with Gasteiger partial charge in [-0.05, 0) is 37.9 Å². The van der Waals surface area contributed by atoms with Gasteiger partial charge in [0.15, 0.2) is 0 Å². The van der Waals surface area contributed by atoms with Crippen molar-refractivity contribution >= 4 is 22.8 Å². The molecule has 0 radical (unpaired) electrons. The average molecular weight is 342 g/mol. The van der Waals surface area contributed by atoms with E-state index in [1.807, 2.05) is 6.07 Å². The van der Waals surface area contributed by atoms with Gasteiger partial charge in [0.1, 0.15) is 11.3 Å². The van der Waals surface area contributed by atoms with E-state index in [1.54, 1.807) is 30.6 Å². The molecule has 5 rings (SSSR count). The fourth-order valence-electron chi connectivity index (χ4n) is 3.96. The molecular formula is C18H22N4O3. The van der Waals surface area contributed by atoms with Gasteiger partial charge in [-0.1, -0.05) is 0 Å². The minimum Gasteiger partial charge on any atom is -0.464 e. The summed E-state index contributed by atoms with van der Waals surface area (Å²) in [5, 5.41) is 3.89. The molecule has 25 heavy (non-hydrogen) atoms. The first-order chi connectivity index (χ1) is 12.0. The summed E-state index contributed by atoms with van der Waals surface area (Å²) in [5.74, 6) is 0.00159.